The quantitative estimate of drug-likeness (QED) is 0.498. The second-order valence-corrected chi connectivity index (χ2v) is 2.93. The molecule has 1 aliphatic carbocycles. The first kappa shape index (κ1) is 12.0. The zero-order chi connectivity index (χ0) is 9.40. The first-order chi connectivity index (χ1) is 5.88. The monoisotopic (exact) mass is 226 g/mol. The van der Waals surface area contributed by atoms with Crippen LogP contribution in [0.15, 0.2) is 23.3 Å². The SMILES string of the molecule is CC.[B]CC1=CCCC=C1CBr. The van der Waals surface area contributed by atoms with E-state index in [1.807, 2.05) is 13.8 Å². The Labute approximate surface area is 85.7 Å². The van der Waals surface area contributed by atoms with Gasteiger partial charge in [-0.3, -0.25) is 0 Å². The van der Waals surface area contributed by atoms with E-state index in [1.165, 1.54) is 17.6 Å². The summed E-state index contributed by atoms with van der Waals surface area (Å²) in [6, 6.07) is 0. The van der Waals surface area contributed by atoms with Crippen LogP contribution in [0.4, 0.5) is 0 Å². The Hall–Kier alpha value is 0.0249. The van der Waals surface area contributed by atoms with Crippen molar-refractivity contribution in [3.63, 3.8) is 0 Å². The lowest BCUT2D eigenvalue weighted by molar-refractivity contribution is 0.992. The molecular weight excluding hydrogens is 211 g/mol. The summed E-state index contributed by atoms with van der Waals surface area (Å²) in [6.07, 6.45) is 7.50. The molecule has 0 aromatic heterocycles. The van der Waals surface area contributed by atoms with Gasteiger partial charge < -0.3 is 0 Å². The molecule has 0 nitrogen and oxygen atoms in total. The predicted octanol–water partition coefficient (Wildman–Crippen LogP) is 3.64. The van der Waals surface area contributed by atoms with E-state index in [-0.39, 0.29) is 0 Å². The molecule has 2 radical (unpaired) electrons. The Kier molecular flexibility index (Phi) is 7.68. The molecule has 0 bridgehead atoms. The standard InChI is InChI=1S/C8H10BBr.C2H6/c9-5-7-3-1-2-4-8(7)6-10;1-2/h3-4H,1-2,5-6H2;1-2H3. The van der Waals surface area contributed by atoms with Gasteiger partial charge in [-0.05, 0) is 18.4 Å². The predicted molar refractivity (Wildman–Crippen MR) is 61.1 cm³/mol. The van der Waals surface area contributed by atoms with E-state index in [9.17, 15) is 0 Å². The maximum atomic E-state index is 5.54. The van der Waals surface area contributed by atoms with E-state index in [1.54, 1.807) is 0 Å². The zero-order valence-electron chi connectivity index (χ0n) is 7.94. The molecule has 12 heavy (non-hydrogen) atoms. The third kappa shape index (κ3) is 3.62. The summed E-state index contributed by atoms with van der Waals surface area (Å²) >= 11 is 3.43. The van der Waals surface area contributed by atoms with Crippen molar-refractivity contribution in [2.45, 2.75) is 33.0 Å². The minimum absolute atomic E-state index is 0.678. The van der Waals surface area contributed by atoms with Crippen LogP contribution in [0.5, 0.6) is 0 Å². The topological polar surface area (TPSA) is 0 Å². The number of allylic oxidation sites excluding steroid dienone is 4. The Balaban J connectivity index is 0.000000561. The lowest BCUT2D eigenvalue weighted by Crippen LogP contribution is -1.95. The Morgan fingerprint density at radius 3 is 2.08 bits per heavy atom. The Bertz CT molecular complexity index is 151. The first-order valence-corrected chi connectivity index (χ1v) is 5.65. The summed E-state index contributed by atoms with van der Waals surface area (Å²) < 4.78 is 0. The maximum Gasteiger partial charge on any atom is 0.0716 e. The van der Waals surface area contributed by atoms with Crippen LogP contribution in [-0.4, -0.2) is 13.2 Å². The molecule has 0 amide bonds. The molecule has 0 aliphatic heterocycles. The highest BCUT2D eigenvalue weighted by Gasteiger charge is 2.03. The van der Waals surface area contributed by atoms with E-state index in [0.29, 0.717) is 6.32 Å². The van der Waals surface area contributed by atoms with Crippen LogP contribution in [-0.2, 0) is 0 Å². The molecule has 1 rings (SSSR count). The van der Waals surface area contributed by atoms with Gasteiger partial charge in [0.1, 0.15) is 0 Å². The smallest absolute Gasteiger partial charge is 0.0716 e. The minimum atomic E-state index is 0.678. The van der Waals surface area contributed by atoms with Crippen molar-refractivity contribution in [2.75, 3.05) is 5.33 Å². The highest BCUT2D eigenvalue weighted by molar-refractivity contribution is 9.09. The minimum Gasteiger partial charge on any atom is -0.0876 e. The van der Waals surface area contributed by atoms with Crippen LogP contribution >= 0.6 is 15.9 Å². The molecule has 0 saturated carbocycles. The van der Waals surface area contributed by atoms with Gasteiger partial charge >= 0.3 is 0 Å². The van der Waals surface area contributed by atoms with E-state index in [4.69, 9.17) is 7.85 Å². The summed E-state index contributed by atoms with van der Waals surface area (Å²) in [4.78, 5) is 0. The summed E-state index contributed by atoms with van der Waals surface area (Å²) in [5, 5.41) is 0.941. The van der Waals surface area contributed by atoms with E-state index >= 15 is 0 Å². The third-order valence-corrected chi connectivity index (χ3v) is 2.33. The molecule has 66 valence electrons. The van der Waals surface area contributed by atoms with Crippen LogP contribution in [0.25, 0.3) is 0 Å². The van der Waals surface area contributed by atoms with Gasteiger partial charge in [0.25, 0.3) is 0 Å². The lowest BCUT2D eigenvalue weighted by atomic mass is 9.88. The summed E-state index contributed by atoms with van der Waals surface area (Å²) in [6.45, 7) is 4.00. The molecule has 0 spiro atoms. The highest BCUT2D eigenvalue weighted by Crippen LogP contribution is 2.22. The first-order valence-electron chi connectivity index (χ1n) is 4.53. The van der Waals surface area contributed by atoms with Gasteiger partial charge in [0.05, 0.1) is 7.85 Å². The van der Waals surface area contributed by atoms with Crippen molar-refractivity contribution >= 4 is 23.8 Å². The molecule has 1 aliphatic rings. The number of hydrogen-bond donors (Lipinski definition) is 0. The van der Waals surface area contributed by atoms with E-state index in [2.05, 4.69) is 28.1 Å². The molecule has 0 N–H and O–H groups in total. The van der Waals surface area contributed by atoms with Gasteiger partial charge in [0.15, 0.2) is 0 Å². The maximum absolute atomic E-state index is 5.54. The Morgan fingerprint density at radius 1 is 1.25 bits per heavy atom. The summed E-state index contributed by atoms with van der Waals surface area (Å²) in [5.74, 6) is 0. The van der Waals surface area contributed by atoms with Crippen molar-refractivity contribution in [1.82, 2.24) is 0 Å². The van der Waals surface area contributed by atoms with E-state index in [0.717, 1.165) is 11.8 Å². The van der Waals surface area contributed by atoms with Crippen molar-refractivity contribution in [2.24, 2.45) is 0 Å². The molecule has 0 saturated heterocycles. The average Bonchev–Trinajstić information content (AvgIpc) is 2.20. The lowest BCUT2D eigenvalue weighted by Gasteiger charge is -2.11. The highest BCUT2D eigenvalue weighted by atomic mass is 79.9. The van der Waals surface area contributed by atoms with Crippen LogP contribution in [0.2, 0.25) is 6.32 Å². The summed E-state index contributed by atoms with van der Waals surface area (Å²) in [5.41, 5.74) is 2.68. The zero-order valence-corrected chi connectivity index (χ0v) is 9.52. The number of rotatable bonds is 2. The van der Waals surface area contributed by atoms with Gasteiger partial charge in [0.2, 0.25) is 0 Å². The van der Waals surface area contributed by atoms with Crippen LogP contribution < -0.4 is 0 Å². The summed E-state index contributed by atoms with van der Waals surface area (Å²) in [7, 11) is 5.54. The van der Waals surface area contributed by atoms with Gasteiger partial charge in [-0.25, -0.2) is 0 Å². The van der Waals surface area contributed by atoms with Gasteiger partial charge in [0, 0.05) is 5.33 Å². The van der Waals surface area contributed by atoms with Crippen LogP contribution in [0, 0.1) is 0 Å². The average molecular weight is 227 g/mol. The normalized spacial score (nSPS) is 15.6. The second-order valence-electron chi connectivity index (χ2n) is 2.37. The number of hydrogen-bond acceptors (Lipinski definition) is 0. The molecule has 0 atom stereocenters. The van der Waals surface area contributed by atoms with Crippen LogP contribution in [0.3, 0.4) is 0 Å². The largest absolute Gasteiger partial charge is 0.0876 e. The molecule has 0 aromatic carbocycles. The van der Waals surface area contributed by atoms with Crippen molar-refractivity contribution < 1.29 is 0 Å². The molecule has 2 heteroatoms. The molecule has 0 unspecified atom stereocenters. The number of halogens is 1. The Morgan fingerprint density at radius 2 is 1.75 bits per heavy atom. The fraction of sp³-hybridized carbons (Fsp3) is 0.600. The van der Waals surface area contributed by atoms with Crippen molar-refractivity contribution in [3.05, 3.63) is 23.3 Å². The molecular formula is C10H16BBr. The van der Waals surface area contributed by atoms with Crippen LogP contribution in [0.1, 0.15) is 26.7 Å². The van der Waals surface area contributed by atoms with Crippen molar-refractivity contribution in [1.29, 1.82) is 0 Å². The number of alkyl halides is 1. The second kappa shape index (κ2) is 7.66. The fourth-order valence-electron chi connectivity index (χ4n) is 1.13. The van der Waals surface area contributed by atoms with E-state index < -0.39 is 0 Å². The van der Waals surface area contributed by atoms with Gasteiger partial charge in [-0.1, -0.05) is 53.8 Å². The third-order valence-electron chi connectivity index (χ3n) is 1.72. The van der Waals surface area contributed by atoms with Crippen molar-refractivity contribution in [3.8, 4) is 0 Å². The molecule has 0 heterocycles. The van der Waals surface area contributed by atoms with Gasteiger partial charge in [-0.2, -0.15) is 0 Å². The molecule has 0 aromatic rings. The fourth-order valence-corrected chi connectivity index (χ4v) is 1.72. The molecule has 0 fully saturated rings. The van der Waals surface area contributed by atoms with Gasteiger partial charge in [-0.15, -0.1) is 0 Å².